The number of piperidine rings is 1. The minimum atomic E-state index is -0.492. The largest absolute Gasteiger partial charge is 0.366 e. The van der Waals surface area contributed by atoms with Gasteiger partial charge in [-0.2, -0.15) is 0 Å². The summed E-state index contributed by atoms with van der Waals surface area (Å²) < 4.78 is 0. The van der Waals surface area contributed by atoms with Crippen LogP contribution in [-0.2, 0) is 4.79 Å². The lowest BCUT2D eigenvalue weighted by atomic mass is 9.92. The lowest BCUT2D eigenvalue weighted by molar-refractivity contribution is -0.133. The van der Waals surface area contributed by atoms with Crippen LogP contribution in [0.15, 0.2) is 60.7 Å². The third-order valence-electron chi connectivity index (χ3n) is 5.74. The third-order valence-corrected chi connectivity index (χ3v) is 5.74. The number of primary amides is 1. The van der Waals surface area contributed by atoms with Crippen molar-refractivity contribution in [2.45, 2.75) is 19.3 Å². The summed E-state index contributed by atoms with van der Waals surface area (Å²) in [5.41, 5.74) is 8.15. The highest BCUT2D eigenvalue weighted by Crippen LogP contribution is 2.32. The predicted molar refractivity (Wildman–Crippen MR) is 121 cm³/mol. The summed E-state index contributed by atoms with van der Waals surface area (Å²) >= 11 is 0. The number of amides is 3. The maximum absolute atomic E-state index is 12.9. The van der Waals surface area contributed by atoms with Crippen LogP contribution in [0, 0.1) is 0 Å². The van der Waals surface area contributed by atoms with E-state index >= 15 is 0 Å². The number of hydrogen-bond donors (Lipinski definition) is 2. The molecule has 0 unspecified atom stereocenters. The molecule has 158 valence electrons. The van der Waals surface area contributed by atoms with E-state index in [1.54, 1.807) is 18.2 Å². The van der Waals surface area contributed by atoms with Crippen LogP contribution in [0.3, 0.4) is 0 Å². The number of nitrogens with zero attached hydrogens (tertiary/aromatic N) is 1. The zero-order chi connectivity index (χ0) is 21.8. The Labute approximate surface area is 181 Å². The van der Waals surface area contributed by atoms with Crippen molar-refractivity contribution >= 4 is 28.5 Å². The summed E-state index contributed by atoms with van der Waals surface area (Å²) in [7, 11) is 0. The molecule has 1 fully saturated rings. The number of rotatable bonds is 6. The normalized spacial score (nSPS) is 13.9. The number of nitrogens with one attached hydrogen (secondary N) is 1. The second-order valence-corrected chi connectivity index (χ2v) is 7.71. The Kier molecular flexibility index (Phi) is 5.98. The molecular formula is C25H25N3O3. The van der Waals surface area contributed by atoms with E-state index in [0.29, 0.717) is 30.6 Å². The Morgan fingerprint density at radius 2 is 1.58 bits per heavy atom. The number of nitrogens with two attached hydrogens (primary N) is 1. The highest BCUT2D eigenvalue weighted by atomic mass is 16.2. The van der Waals surface area contributed by atoms with E-state index in [0.717, 1.165) is 41.3 Å². The minimum absolute atomic E-state index is 0.156. The molecule has 31 heavy (non-hydrogen) atoms. The Balaban J connectivity index is 1.60. The molecule has 3 N–H and O–H groups in total. The molecular weight excluding hydrogens is 390 g/mol. The lowest BCUT2D eigenvalue weighted by Gasteiger charge is -2.26. The molecule has 1 aliphatic rings. The number of carbonyl (C=O) groups excluding carboxylic acids is 3. The first kappa shape index (κ1) is 20.6. The van der Waals surface area contributed by atoms with Crippen molar-refractivity contribution in [3.05, 3.63) is 71.8 Å². The maximum atomic E-state index is 12.9. The number of fused-ring (bicyclic) bond motifs is 1. The summed E-state index contributed by atoms with van der Waals surface area (Å²) in [5.74, 6) is -0.521. The molecule has 0 spiro atoms. The molecule has 0 saturated carbocycles. The van der Waals surface area contributed by atoms with E-state index in [9.17, 15) is 14.4 Å². The maximum Gasteiger partial charge on any atom is 0.251 e. The van der Waals surface area contributed by atoms with E-state index in [1.807, 2.05) is 47.4 Å². The van der Waals surface area contributed by atoms with Gasteiger partial charge < -0.3 is 16.0 Å². The van der Waals surface area contributed by atoms with Gasteiger partial charge in [0.1, 0.15) is 0 Å². The minimum Gasteiger partial charge on any atom is -0.366 e. The van der Waals surface area contributed by atoms with Crippen LogP contribution in [0.5, 0.6) is 0 Å². The number of hydrogen-bond acceptors (Lipinski definition) is 3. The first-order valence-electron chi connectivity index (χ1n) is 10.5. The summed E-state index contributed by atoms with van der Waals surface area (Å²) in [6.45, 7) is 1.68. The average Bonchev–Trinajstić information content (AvgIpc) is 2.79. The second kappa shape index (κ2) is 9.00. The van der Waals surface area contributed by atoms with Gasteiger partial charge in [0.25, 0.3) is 5.91 Å². The number of carbonyl (C=O) groups is 3. The van der Waals surface area contributed by atoms with Crippen molar-refractivity contribution in [2.24, 2.45) is 5.73 Å². The zero-order valence-corrected chi connectivity index (χ0v) is 17.3. The van der Waals surface area contributed by atoms with Crippen LogP contribution >= 0.6 is 0 Å². The monoisotopic (exact) mass is 415 g/mol. The number of benzene rings is 3. The van der Waals surface area contributed by atoms with Gasteiger partial charge in [0, 0.05) is 37.2 Å². The van der Waals surface area contributed by atoms with Crippen molar-refractivity contribution in [1.29, 1.82) is 0 Å². The average molecular weight is 415 g/mol. The van der Waals surface area contributed by atoms with Crippen molar-refractivity contribution in [3.8, 4) is 11.1 Å². The highest BCUT2D eigenvalue weighted by Gasteiger charge is 2.18. The van der Waals surface area contributed by atoms with E-state index in [1.165, 1.54) is 0 Å². The number of likely N-dealkylation sites (tertiary alicyclic amines) is 1. The van der Waals surface area contributed by atoms with Crippen LogP contribution < -0.4 is 11.1 Å². The fourth-order valence-electron chi connectivity index (χ4n) is 4.17. The van der Waals surface area contributed by atoms with Gasteiger partial charge in [0.05, 0.1) is 0 Å². The Bertz CT molecular complexity index is 1160. The van der Waals surface area contributed by atoms with Crippen LogP contribution in [0.2, 0.25) is 0 Å². The molecule has 0 bridgehead atoms. The lowest BCUT2D eigenvalue weighted by Crippen LogP contribution is -2.41. The standard InChI is InChI=1S/C25H25N3O3/c26-24(30)21-8-2-1-7-19(21)17-9-5-11-20-18(17)10-6-12-22(20)25(31)27-14-16-28-15-4-3-13-23(28)29/h1-2,5-12H,3-4,13-16H2,(H2,26,30)(H,27,31). The van der Waals surface area contributed by atoms with Gasteiger partial charge in [0.15, 0.2) is 0 Å². The third kappa shape index (κ3) is 4.28. The fraction of sp³-hybridized carbons (Fsp3) is 0.240. The molecule has 0 aromatic heterocycles. The predicted octanol–water partition coefficient (Wildman–Crippen LogP) is 3.35. The first-order valence-corrected chi connectivity index (χ1v) is 10.5. The molecule has 0 radical (unpaired) electrons. The second-order valence-electron chi connectivity index (χ2n) is 7.71. The molecule has 0 aliphatic carbocycles. The molecule has 0 atom stereocenters. The van der Waals surface area contributed by atoms with Gasteiger partial charge in [-0.15, -0.1) is 0 Å². The molecule has 1 heterocycles. The van der Waals surface area contributed by atoms with Crippen LogP contribution in [0.1, 0.15) is 40.0 Å². The smallest absolute Gasteiger partial charge is 0.251 e. The van der Waals surface area contributed by atoms with E-state index in [4.69, 9.17) is 5.73 Å². The molecule has 4 rings (SSSR count). The Morgan fingerprint density at radius 3 is 2.39 bits per heavy atom. The van der Waals surface area contributed by atoms with Crippen LogP contribution in [0.25, 0.3) is 21.9 Å². The van der Waals surface area contributed by atoms with Gasteiger partial charge in [-0.25, -0.2) is 0 Å². The van der Waals surface area contributed by atoms with Gasteiger partial charge in [-0.05, 0) is 46.9 Å². The summed E-state index contributed by atoms with van der Waals surface area (Å²) in [4.78, 5) is 38.6. The van der Waals surface area contributed by atoms with Crippen molar-refractivity contribution in [2.75, 3.05) is 19.6 Å². The van der Waals surface area contributed by atoms with Crippen molar-refractivity contribution < 1.29 is 14.4 Å². The molecule has 3 amide bonds. The highest BCUT2D eigenvalue weighted by molar-refractivity contribution is 6.12. The quantitative estimate of drug-likeness (QED) is 0.647. The van der Waals surface area contributed by atoms with Crippen LogP contribution in [0.4, 0.5) is 0 Å². The molecule has 1 aliphatic heterocycles. The summed E-state index contributed by atoms with van der Waals surface area (Å²) in [6.07, 6.45) is 2.55. The fourth-order valence-corrected chi connectivity index (χ4v) is 4.17. The molecule has 1 saturated heterocycles. The van der Waals surface area contributed by atoms with Gasteiger partial charge >= 0.3 is 0 Å². The molecule has 3 aromatic carbocycles. The summed E-state index contributed by atoms with van der Waals surface area (Å²) in [6, 6.07) is 18.5. The zero-order valence-electron chi connectivity index (χ0n) is 17.3. The van der Waals surface area contributed by atoms with Crippen molar-refractivity contribution in [1.82, 2.24) is 10.2 Å². The summed E-state index contributed by atoms with van der Waals surface area (Å²) in [5, 5.41) is 4.61. The molecule has 6 nitrogen and oxygen atoms in total. The van der Waals surface area contributed by atoms with Gasteiger partial charge in [-0.3, -0.25) is 14.4 Å². The van der Waals surface area contributed by atoms with E-state index in [2.05, 4.69) is 5.32 Å². The Hall–Kier alpha value is -3.67. The molecule has 3 aromatic rings. The van der Waals surface area contributed by atoms with Crippen LogP contribution in [-0.4, -0.2) is 42.3 Å². The van der Waals surface area contributed by atoms with Gasteiger partial charge in [0.2, 0.25) is 11.8 Å². The van der Waals surface area contributed by atoms with E-state index in [-0.39, 0.29) is 11.8 Å². The Morgan fingerprint density at radius 1 is 0.871 bits per heavy atom. The van der Waals surface area contributed by atoms with Gasteiger partial charge in [-0.1, -0.05) is 48.5 Å². The SMILES string of the molecule is NC(=O)c1ccccc1-c1cccc2c(C(=O)NCCN3CCCCC3=O)cccc12. The molecule has 6 heteroatoms. The first-order chi connectivity index (χ1) is 15.1. The van der Waals surface area contributed by atoms with Crippen molar-refractivity contribution in [3.63, 3.8) is 0 Å². The topological polar surface area (TPSA) is 92.5 Å². The van der Waals surface area contributed by atoms with E-state index < -0.39 is 5.91 Å².